The lowest BCUT2D eigenvalue weighted by molar-refractivity contribution is 0.0594. The SMILES string of the molecule is O=C1NCCN1CCNC[C@@H]1CCCN2CCCC[C@H]12. The van der Waals surface area contributed by atoms with E-state index in [1.807, 2.05) is 4.90 Å². The quantitative estimate of drug-likeness (QED) is 0.735. The van der Waals surface area contributed by atoms with Crippen LogP contribution in [0.15, 0.2) is 0 Å². The van der Waals surface area contributed by atoms with Crippen molar-refractivity contribution in [1.82, 2.24) is 20.4 Å². The van der Waals surface area contributed by atoms with Crippen LogP contribution < -0.4 is 10.6 Å². The van der Waals surface area contributed by atoms with E-state index in [0.29, 0.717) is 0 Å². The van der Waals surface area contributed by atoms with Gasteiger partial charge in [0.2, 0.25) is 0 Å². The first kappa shape index (κ1) is 14.1. The zero-order valence-electron chi connectivity index (χ0n) is 12.4. The van der Waals surface area contributed by atoms with Crippen molar-refractivity contribution < 1.29 is 4.79 Å². The fraction of sp³-hybridized carbons (Fsp3) is 0.933. The molecule has 114 valence electrons. The second-order valence-electron chi connectivity index (χ2n) is 6.42. The summed E-state index contributed by atoms with van der Waals surface area (Å²) in [6.07, 6.45) is 6.92. The largest absolute Gasteiger partial charge is 0.336 e. The van der Waals surface area contributed by atoms with Gasteiger partial charge in [0.25, 0.3) is 0 Å². The summed E-state index contributed by atoms with van der Waals surface area (Å²) >= 11 is 0. The van der Waals surface area contributed by atoms with E-state index in [1.54, 1.807) is 0 Å². The molecule has 0 aromatic carbocycles. The monoisotopic (exact) mass is 280 g/mol. The Balaban J connectivity index is 1.38. The second-order valence-corrected chi connectivity index (χ2v) is 6.42. The third kappa shape index (κ3) is 3.26. The predicted octanol–water partition coefficient (Wildman–Crippen LogP) is 0.866. The van der Waals surface area contributed by atoms with Gasteiger partial charge < -0.3 is 20.4 Å². The molecule has 3 aliphatic rings. The normalized spacial score (nSPS) is 31.2. The predicted molar refractivity (Wildman–Crippen MR) is 79.8 cm³/mol. The maximum Gasteiger partial charge on any atom is 0.317 e. The van der Waals surface area contributed by atoms with Gasteiger partial charge >= 0.3 is 6.03 Å². The highest BCUT2D eigenvalue weighted by Crippen LogP contribution is 2.30. The van der Waals surface area contributed by atoms with Crippen LogP contribution in [0.25, 0.3) is 0 Å². The lowest BCUT2D eigenvalue weighted by Crippen LogP contribution is -2.50. The number of fused-ring (bicyclic) bond motifs is 1. The minimum absolute atomic E-state index is 0.0999. The smallest absolute Gasteiger partial charge is 0.317 e. The maximum absolute atomic E-state index is 11.4. The van der Waals surface area contributed by atoms with E-state index in [-0.39, 0.29) is 6.03 Å². The molecule has 3 aliphatic heterocycles. The number of hydrogen-bond acceptors (Lipinski definition) is 3. The molecule has 0 aromatic rings. The Morgan fingerprint density at radius 1 is 1.15 bits per heavy atom. The highest BCUT2D eigenvalue weighted by atomic mass is 16.2. The number of piperidine rings is 2. The summed E-state index contributed by atoms with van der Waals surface area (Å²) in [5.74, 6) is 0.816. The summed E-state index contributed by atoms with van der Waals surface area (Å²) in [5.41, 5.74) is 0. The molecule has 5 nitrogen and oxygen atoms in total. The van der Waals surface area contributed by atoms with Crippen LogP contribution >= 0.6 is 0 Å². The number of carbonyl (C=O) groups excluding carboxylic acids is 1. The molecule has 2 atom stereocenters. The Hall–Kier alpha value is -0.810. The minimum atomic E-state index is 0.0999. The average Bonchev–Trinajstić information content (AvgIpc) is 2.89. The van der Waals surface area contributed by atoms with Crippen molar-refractivity contribution in [2.75, 3.05) is 45.8 Å². The van der Waals surface area contributed by atoms with Crippen molar-refractivity contribution in [3.63, 3.8) is 0 Å². The first-order chi connectivity index (χ1) is 9.84. The van der Waals surface area contributed by atoms with Crippen LogP contribution in [-0.2, 0) is 0 Å². The van der Waals surface area contributed by atoms with Gasteiger partial charge in [0.1, 0.15) is 0 Å². The lowest BCUT2D eigenvalue weighted by atomic mass is 9.83. The molecule has 0 spiro atoms. The molecule has 3 rings (SSSR count). The summed E-state index contributed by atoms with van der Waals surface area (Å²) in [4.78, 5) is 16.1. The number of nitrogens with zero attached hydrogens (tertiary/aromatic N) is 2. The van der Waals surface area contributed by atoms with Crippen LogP contribution in [0, 0.1) is 5.92 Å². The highest BCUT2D eigenvalue weighted by molar-refractivity contribution is 5.76. The van der Waals surface area contributed by atoms with Gasteiger partial charge in [-0.05, 0) is 51.2 Å². The van der Waals surface area contributed by atoms with Gasteiger partial charge in [-0.25, -0.2) is 4.79 Å². The first-order valence-corrected chi connectivity index (χ1v) is 8.32. The van der Waals surface area contributed by atoms with Crippen LogP contribution in [0.4, 0.5) is 4.79 Å². The van der Waals surface area contributed by atoms with Crippen LogP contribution in [0.5, 0.6) is 0 Å². The molecule has 3 fully saturated rings. The van der Waals surface area contributed by atoms with E-state index < -0.39 is 0 Å². The van der Waals surface area contributed by atoms with Gasteiger partial charge in [-0.1, -0.05) is 6.42 Å². The maximum atomic E-state index is 11.4. The third-order valence-electron chi connectivity index (χ3n) is 5.14. The van der Waals surface area contributed by atoms with Crippen molar-refractivity contribution in [1.29, 1.82) is 0 Å². The van der Waals surface area contributed by atoms with Gasteiger partial charge in [-0.2, -0.15) is 0 Å². The Bertz CT molecular complexity index is 334. The van der Waals surface area contributed by atoms with Crippen molar-refractivity contribution in [2.24, 2.45) is 5.92 Å². The zero-order valence-corrected chi connectivity index (χ0v) is 12.4. The third-order valence-corrected chi connectivity index (χ3v) is 5.14. The Morgan fingerprint density at radius 2 is 2.05 bits per heavy atom. The van der Waals surface area contributed by atoms with E-state index in [4.69, 9.17) is 0 Å². The zero-order chi connectivity index (χ0) is 13.8. The van der Waals surface area contributed by atoms with Gasteiger partial charge in [-0.15, -0.1) is 0 Å². The Labute approximate surface area is 122 Å². The standard InChI is InChI=1S/C15H28N4O/c20-15-17-7-11-19(15)10-6-16-12-13-4-3-9-18-8-2-1-5-14(13)18/h13-14,16H,1-12H2,(H,17,20)/t13-,14+/m0/s1. The van der Waals surface area contributed by atoms with Crippen LogP contribution in [-0.4, -0.2) is 67.7 Å². The number of rotatable bonds is 5. The Morgan fingerprint density at radius 3 is 2.90 bits per heavy atom. The van der Waals surface area contributed by atoms with E-state index in [0.717, 1.165) is 44.7 Å². The molecule has 3 heterocycles. The summed E-state index contributed by atoms with van der Waals surface area (Å²) in [6, 6.07) is 0.919. The van der Waals surface area contributed by atoms with Gasteiger partial charge in [0, 0.05) is 32.2 Å². The molecule has 0 unspecified atom stereocenters. The topological polar surface area (TPSA) is 47.6 Å². The number of amides is 2. The van der Waals surface area contributed by atoms with E-state index in [1.165, 1.54) is 45.2 Å². The number of urea groups is 1. The van der Waals surface area contributed by atoms with Gasteiger partial charge in [0.05, 0.1) is 0 Å². The number of hydrogen-bond donors (Lipinski definition) is 2. The van der Waals surface area contributed by atoms with Crippen molar-refractivity contribution in [3.05, 3.63) is 0 Å². The molecule has 2 N–H and O–H groups in total. The molecule has 0 saturated carbocycles. The van der Waals surface area contributed by atoms with E-state index in [9.17, 15) is 4.79 Å². The molecule has 20 heavy (non-hydrogen) atoms. The molecule has 2 amide bonds. The molecule has 3 saturated heterocycles. The molecule has 0 radical (unpaired) electrons. The molecular weight excluding hydrogens is 252 g/mol. The van der Waals surface area contributed by atoms with E-state index >= 15 is 0 Å². The molecule has 0 bridgehead atoms. The molecule has 0 aliphatic carbocycles. The molecular formula is C15H28N4O. The van der Waals surface area contributed by atoms with Crippen LogP contribution in [0.2, 0.25) is 0 Å². The van der Waals surface area contributed by atoms with Crippen molar-refractivity contribution in [3.8, 4) is 0 Å². The lowest BCUT2D eigenvalue weighted by Gasteiger charge is -2.44. The van der Waals surface area contributed by atoms with E-state index in [2.05, 4.69) is 15.5 Å². The summed E-state index contributed by atoms with van der Waals surface area (Å²) < 4.78 is 0. The first-order valence-electron chi connectivity index (χ1n) is 8.32. The summed E-state index contributed by atoms with van der Waals surface area (Å²) in [6.45, 7) is 7.18. The minimum Gasteiger partial charge on any atom is -0.336 e. The molecule has 5 heteroatoms. The summed E-state index contributed by atoms with van der Waals surface area (Å²) in [5, 5.41) is 6.44. The number of nitrogens with one attached hydrogen (secondary N) is 2. The van der Waals surface area contributed by atoms with Crippen LogP contribution in [0.3, 0.4) is 0 Å². The fourth-order valence-electron chi connectivity index (χ4n) is 4.04. The fourth-order valence-corrected chi connectivity index (χ4v) is 4.04. The second kappa shape index (κ2) is 6.76. The number of carbonyl (C=O) groups is 1. The van der Waals surface area contributed by atoms with Gasteiger partial charge in [0.15, 0.2) is 0 Å². The van der Waals surface area contributed by atoms with Crippen molar-refractivity contribution >= 4 is 6.03 Å². The molecule has 0 aromatic heterocycles. The Kier molecular flexibility index (Phi) is 4.78. The average molecular weight is 280 g/mol. The summed E-state index contributed by atoms with van der Waals surface area (Å²) in [7, 11) is 0. The van der Waals surface area contributed by atoms with Crippen LogP contribution in [0.1, 0.15) is 32.1 Å². The highest BCUT2D eigenvalue weighted by Gasteiger charge is 2.32. The van der Waals surface area contributed by atoms with Crippen molar-refractivity contribution in [2.45, 2.75) is 38.1 Å². The van der Waals surface area contributed by atoms with Gasteiger partial charge in [-0.3, -0.25) is 0 Å².